The van der Waals surface area contributed by atoms with Crippen LogP contribution >= 0.6 is 11.6 Å². The lowest BCUT2D eigenvalue weighted by Gasteiger charge is -2.08. The summed E-state index contributed by atoms with van der Waals surface area (Å²) in [4.78, 5) is 11.7. The maximum Gasteiger partial charge on any atom is 0.272 e. The van der Waals surface area contributed by atoms with Crippen LogP contribution in [0.1, 0.15) is 5.56 Å². The molecule has 4 nitrogen and oxygen atoms in total. The minimum Gasteiger partial charge on any atom is -0.506 e. The highest BCUT2D eigenvalue weighted by atomic mass is 35.5. The Bertz CT molecular complexity index is 683. The Morgan fingerprint density at radius 2 is 2.19 bits per heavy atom. The number of halogens is 1. The summed E-state index contributed by atoms with van der Waals surface area (Å²) in [6, 6.07) is 6.45. The minimum atomic E-state index is -0.519. The molecule has 5 heteroatoms. The van der Waals surface area contributed by atoms with Gasteiger partial charge in [-0.25, -0.2) is 0 Å². The fraction of sp³-hybridized carbons (Fsp3) is 0.0909. The predicted octanol–water partition coefficient (Wildman–Crippen LogP) is 1.77. The van der Waals surface area contributed by atoms with E-state index in [0.29, 0.717) is 15.9 Å². The van der Waals surface area contributed by atoms with Crippen molar-refractivity contribution in [3.8, 4) is 11.8 Å². The Morgan fingerprint density at radius 1 is 1.50 bits per heavy atom. The predicted molar refractivity (Wildman–Crippen MR) is 60.6 cm³/mol. The molecule has 2 rings (SSSR count). The smallest absolute Gasteiger partial charge is 0.272 e. The minimum absolute atomic E-state index is 0.266. The number of pyridine rings is 1. The molecule has 0 atom stereocenters. The largest absolute Gasteiger partial charge is 0.506 e. The Hall–Kier alpha value is -1.99. The highest BCUT2D eigenvalue weighted by molar-refractivity contribution is 6.31. The molecule has 0 fully saturated rings. The molecule has 0 unspecified atom stereocenters. The van der Waals surface area contributed by atoms with Gasteiger partial charge in [0.2, 0.25) is 0 Å². The molecule has 0 amide bonds. The average molecular weight is 235 g/mol. The molecular weight excluding hydrogens is 228 g/mol. The first-order valence-corrected chi connectivity index (χ1v) is 4.85. The highest BCUT2D eigenvalue weighted by Crippen LogP contribution is 2.27. The zero-order valence-corrected chi connectivity index (χ0v) is 9.12. The summed E-state index contributed by atoms with van der Waals surface area (Å²) in [6.07, 6.45) is 0. The number of rotatable bonds is 0. The van der Waals surface area contributed by atoms with Crippen molar-refractivity contribution in [2.45, 2.75) is 0 Å². The van der Waals surface area contributed by atoms with Crippen LogP contribution in [0.5, 0.6) is 5.75 Å². The number of nitriles is 1. The lowest BCUT2D eigenvalue weighted by atomic mass is 10.1. The van der Waals surface area contributed by atoms with Crippen LogP contribution in [0.4, 0.5) is 0 Å². The monoisotopic (exact) mass is 234 g/mol. The summed E-state index contributed by atoms with van der Waals surface area (Å²) < 4.78 is 1.31. The fourth-order valence-corrected chi connectivity index (χ4v) is 1.78. The van der Waals surface area contributed by atoms with E-state index in [9.17, 15) is 9.90 Å². The number of aromatic nitrogens is 1. The van der Waals surface area contributed by atoms with Gasteiger partial charge >= 0.3 is 0 Å². The highest BCUT2D eigenvalue weighted by Gasteiger charge is 2.14. The van der Waals surface area contributed by atoms with E-state index in [1.165, 1.54) is 10.6 Å². The van der Waals surface area contributed by atoms with E-state index in [1.54, 1.807) is 25.2 Å². The second kappa shape index (κ2) is 3.54. The molecule has 0 aliphatic rings. The van der Waals surface area contributed by atoms with Crippen molar-refractivity contribution in [2.75, 3.05) is 0 Å². The van der Waals surface area contributed by atoms with E-state index in [1.807, 2.05) is 0 Å². The van der Waals surface area contributed by atoms with E-state index < -0.39 is 5.56 Å². The van der Waals surface area contributed by atoms with Gasteiger partial charge in [0.25, 0.3) is 5.56 Å². The number of benzene rings is 1. The molecule has 0 aliphatic carbocycles. The Balaban J connectivity index is 3.10. The van der Waals surface area contributed by atoms with Gasteiger partial charge in [0.15, 0.2) is 5.56 Å². The van der Waals surface area contributed by atoms with Crippen molar-refractivity contribution < 1.29 is 5.11 Å². The summed E-state index contributed by atoms with van der Waals surface area (Å²) in [7, 11) is 1.54. The molecule has 16 heavy (non-hydrogen) atoms. The van der Waals surface area contributed by atoms with E-state index >= 15 is 0 Å². The number of nitrogens with zero attached hydrogens (tertiary/aromatic N) is 2. The van der Waals surface area contributed by atoms with E-state index in [-0.39, 0.29) is 11.3 Å². The number of aromatic hydroxyl groups is 1. The van der Waals surface area contributed by atoms with Crippen molar-refractivity contribution in [3.63, 3.8) is 0 Å². The molecule has 2 aromatic rings. The molecule has 0 saturated carbocycles. The van der Waals surface area contributed by atoms with Crippen LogP contribution in [0.15, 0.2) is 23.0 Å². The molecule has 1 N–H and O–H groups in total. The SMILES string of the molecule is Cn1c(=O)c(C#N)c(O)c2cc(Cl)ccc21. The normalized spacial score (nSPS) is 10.3. The first kappa shape index (κ1) is 10.5. The first-order chi connectivity index (χ1) is 7.56. The van der Waals surface area contributed by atoms with Crippen LogP contribution in [0.2, 0.25) is 5.02 Å². The summed E-state index contributed by atoms with van der Waals surface area (Å²) in [5.41, 5.74) is -0.252. The van der Waals surface area contributed by atoms with Gasteiger partial charge in [-0.05, 0) is 18.2 Å². The van der Waals surface area contributed by atoms with Gasteiger partial charge in [0.1, 0.15) is 11.8 Å². The third kappa shape index (κ3) is 1.34. The Labute approximate surface area is 95.9 Å². The third-order valence-corrected chi connectivity index (χ3v) is 2.68. The summed E-state index contributed by atoms with van der Waals surface area (Å²) >= 11 is 5.80. The van der Waals surface area contributed by atoms with Crippen LogP contribution in [-0.4, -0.2) is 9.67 Å². The molecule has 0 bridgehead atoms. The third-order valence-electron chi connectivity index (χ3n) is 2.44. The van der Waals surface area contributed by atoms with Gasteiger partial charge in [-0.2, -0.15) is 5.26 Å². The maximum atomic E-state index is 11.7. The molecular formula is C11H7ClN2O2. The Morgan fingerprint density at radius 3 is 2.81 bits per heavy atom. The zero-order valence-electron chi connectivity index (χ0n) is 8.36. The average Bonchev–Trinajstić information content (AvgIpc) is 2.27. The number of aryl methyl sites for hydroxylation is 1. The van der Waals surface area contributed by atoms with Gasteiger partial charge < -0.3 is 9.67 Å². The van der Waals surface area contributed by atoms with Crippen molar-refractivity contribution in [1.29, 1.82) is 5.26 Å². The number of hydrogen-bond acceptors (Lipinski definition) is 3. The fourth-order valence-electron chi connectivity index (χ4n) is 1.60. The van der Waals surface area contributed by atoms with E-state index in [2.05, 4.69) is 0 Å². The molecule has 1 aromatic heterocycles. The standard InChI is InChI=1S/C11H7ClN2O2/c1-14-9-3-2-6(12)4-7(9)10(15)8(5-13)11(14)16/h2-4,15H,1H3. The lowest BCUT2D eigenvalue weighted by molar-refractivity contribution is 0.477. The molecule has 1 aromatic carbocycles. The van der Waals surface area contributed by atoms with Gasteiger partial charge in [0.05, 0.1) is 5.52 Å². The van der Waals surface area contributed by atoms with Crippen molar-refractivity contribution in [2.24, 2.45) is 7.05 Å². The van der Waals surface area contributed by atoms with Crippen LogP contribution in [-0.2, 0) is 7.05 Å². The van der Waals surface area contributed by atoms with Crippen molar-refractivity contribution in [1.82, 2.24) is 4.57 Å². The Kier molecular flexibility index (Phi) is 2.33. The van der Waals surface area contributed by atoms with Gasteiger partial charge in [-0.1, -0.05) is 11.6 Å². The van der Waals surface area contributed by atoms with E-state index in [0.717, 1.165) is 0 Å². The topological polar surface area (TPSA) is 66.0 Å². The van der Waals surface area contributed by atoms with Gasteiger partial charge in [-0.15, -0.1) is 0 Å². The van der Waals surface area contributed by atoms with Gasteiger partial charge in [-0.3, -0.25) is 4.79 Å². The number of fused-ring (bicyclic) bond motifs is 1. The summed E-state index contributed by atoms with van der Waals surface area (Å²) in [6.45, 7) is 0. The second-order valence-electron chi connectivity index (χ2n) is 3.36. The lowest BCUT2D eigenvalue weighted by Crippen LogP contribution is -2.19. The maximum absolute atomic E-state index is 11.7. The number of hydrogen-bond donors (Lipinski definition) is 1. The van der Waals surface area contributed by atoms with Crippen LogP contribution in [0, 0.1) is 11.3 Å². The molecule has 80 valence electrons. The second-order valence-corrected chi connectivity index (χ2v) is 3.80. The van der Waals surface area contributed by atoms with Crippen LogP contribution in [0.25, 0.3) is 10.9 Å². The zero-order chi connectivity index (χ0) is 11.9. The first-order valence-electron chi connectivity index (χ1n) is 4.47. The molecule has 1 heterocycles. The molecule has 0 spiro atoms. The molecule has 0 aliphatic heterocycles. The van der Waals surface area contributed by atoms with Crippen LogP contribution in [0.3, 0.4) is 0 Å². The van der Waals surface area contributed by atoms with Crippen molar-refractivity contribution >= 4 is 22.5 Å². The van der Waals surface area contributed by atoms with Gasteiger partial charge in [0, 0.05) is 17.5 Å². The van der Waals surface area contributed by atoms with E-state index in [4.69, 9.17) is 16.9 Å². The quantitative estimate of drug-likeness (QED) is 0.756. The van der Waals surface area contributed by atoms with Crippen molar-refractivity contribution in [3.05, 3.63) is 39.1 Å². The molecule has 0 saturated heterocycles. The van der Waals surface area contributed by atoms with Crippen LogP contribution < -0.4 is 5.56 Å². The summed E-state index contributed by atoms with van der Waals surface area (Å²) in [5, 5.41) is 19.4. The molecule has 0 radical (unpaired) electrons. The summed E-state index contributed by atoms with van der Waals surface area (Å²) in [5.74, 6) is -0.317.